The lowest BCUT2D eigenvalue weighted by molar-refractivity contribution is -0.142. The number of nitrogens with zero attached hydrogens (tertiary/aromatic N) is 1. The van der Waals surface area contributed by atoms with E-state index in [0.717, 1.165) is 6.07 Å². The number of likely N-dealkylation sites (N-methyl/N-ethyl adjacent to an activating group) is 1. The Morgan fingerprint density at radius 3 is 2.75 bits per heavy atom. The quantitative estimate of drug-likeness (QED) is 0.817. The van der Waals surface area contributed by atoms with Gasteiger partial charge in [-0.05, 0) is 32.2 Å². The minimum Gasteiger partial charge on any atom is -0.508 e. The summed E-state index contributed by atoms with van der Waals surface area (Å²) in [5.74, 6) is -1.45. The first kappa shape index (κ1) is 12.4. The summed E-state index contributed by atoms with van der Waals surface area (Å²) >= 11 is 0. The summed E-state index contributed by atoms with van der Waals surface area (Å²) in [7, 11) is 1.60. The van der Waals surface area contributed by atoms with Gasteiger partial charge in [-0.3, -0.25) is 9.69 Å². The van der Waals surface area contributed by atoms with Crippen molar-refractivity contribution < 1.29 is 19.4 Å². The van der Waals surface area contributed by atoms with E-state index in [1.54, 1.807) is 7.05 Å². The van der Waals surface area contributed by atoms with Gasteiger partial charge in [0.15, 0.2) is 0 Å². The molecule has 5 heteroatoms. The number of phenols is 1. The van der Waals surface area contributed by atoms with Gasteiger partial charge in [0.25, 0.3) is 0 Å². The number of hydrogen-bond acceptors (Lipinski definition) is 3. The molecule has 0 spiro atoms. The zero-order valence-corrected chi connectivity index (χ0v) is 9.14. The second-order valence-electron chi connectivity index (χ2n) is 3.70. The number of rotatable bonds is 4. The molecule has 0 saturated heterocycles. The molecule has 0 radical (unpaired) electrons. The van der Waals surface area contributed by atoms with Gasteiger partial charge in [0, 0.05) is 12.1 Å². The van der Waals surface area contributed by atoms with Gasteiger partial charge in [0.2, 0.25) is 0 Å². The van der Waals surface area contributed by atoms with E-state index in [0.29, 0.717) is 5.56 Å². The van der Waals surface area contributed by atoms with Crippen LogP contribution in [-0.2, 0) is 11.3 Å². The van der Waals surface area contributed by atoms with E-state index >= 15 is 0 Å². The molecule has 0 heterocycles. The second-order valence-corrected chi connectivity index (χ2v) is 3.70. The molecule has 1 atom stereocenters. The van der Waals surface area contributed by atoms with E-state index in [-0.39, 0.29) is 12.3 Å². The number of carboxylic acid groups (broad SMARTS) is 1. The molecule has 0 saturated carbocycles. The van der Waals surface area contributed by atoms with Crippen LogP contribution in [0, 0.1) is 5.82 Å². The van der Waals surface area contributed by atoms with Crippen LogP contribution in [0.2, 0.25) is 0 Å². The third kappa shape index (κ3) is 2.93. The smallest absolute Gasteiger partial charge is 0.320 e. The van der Waals surface area contributed by atoms with Crippen LogP contribution < -0.4 is 0 Å². The van der Waals surface area contributed by atoms with Crippen molar-refractivity contribution in [2.45, 2.75) is 19.5 Å². The normalized spacial score (nSPS) is 12.8. The predicted octanol–water partition coefficient (Wildman–Crippen LogP) is 1.44. The molecule has 88 valence electrons. The summed E-state index contributed by atoms with van der Waals surface area (Å²) in [5, 5.41) is 18.2. The highest BCUT2D eigenvalue weighted by Gasteiger charge is 2.17. The molecule has 0 fully saturated rings. The first-order valence-corrected chi connectivity index (χ1v) is 4.82. The van der Waals surface area contributed by atoms with Crippen LogP contribution in [0.15, 0.2) is 18.2 Å². The number of aromatic hydroxyl groups is 1. The van der Waals surface area contributed by atoms with Crippen molar-refractivity contribution in [2.75, 3.05) is 7.05 Å². The van der Waals surface area contributed by atoms with E-state index in [1.165, 1.54) is 24.0 Å². The Bertz CT molecular complexity index is 395. The van der Waals surface area contributed by atoms with Crippen LogP contribution in [0.4, 0.5) is 4.39 Å². The second kappa shape index (κ2) is 4.94. The van der Waals surface area contributed by atoms with Crippen molar-refractivity contribution in [3.63, 3.8) is 0 Å². The number of carboxylic acids is 1. The standard InChI is InChI=1S/C11H14FNO3/c1-7(11(15)16)13(2)6-8-5-9(12)3-4-10(8)14/h3-5,7,14H,6H2,1-2H3,(H,15,16). The highest BCUT2D eigenvalue weighted by atomic mass is 19.1. The fraction of sp³-hybridized carbons (Fsp3) is 0.364. The highest BCUT2D eigenvalue weighted by molar-refractivity contribution is 5.72. The molecule has 16 heavy (non-hydrogen) atoms. The van der Waals surface area contributed by atoms with E-state index < -0.39 is 17.8 Å². The molecule has 0 aliphatic carbocycles. The number of phenolic OH excluding ortho intramolecular Hbond substituents is 1. The number of benzene rings is 1. The van der Waals surface area contributed by atoms with Crippen molar-refractivity contribution in [2.24, 2.45) is 0 Å². The van der Waals surface area contributed by atoms with Gasteiger partial charge in [-0.25, -0.2) is 4.39 Å². The first-order chi connectivity index (χ1) is 7.41. The molecule has 0 bridgehead atoms. The lowest BCUT2D eigenvalue weighted by atomic mass is 10.1. The highest BCUT2D eigenvalue weighted by Crippen LogP contribution is 2.19. The molecule has 1 aromatic rings. The molecule has 4 nitrogen and oxygen atoms in total. The van der Waals surface area contributed by atoms with Crippen molar-refractivity contribution in [1.82, 2.24) is 4.90 Å². The SMILES string of the molecule is CC(C(=O)O)N(C)Cc1cc(F)ccc1O. The van der Waals surface area contributed by atoms with Crippen molar-refractivity contribution in [1.29, 1.82) is 0 Å². The van der Waals surface area contributed by atoms with Gasteiger partial charge in [-0.15, -0.1) is 0 Å². The lowest BCUT2D eigenvalue weighted by Gasteiger charge is -2.21. The summed E-state index contributed by atoms with van der Waals surface area (Å²) in [5.41, 5.74) is 0.371. The van der Waals surface area contributed by atoms with Gasteiger partial charge < -0.3 is 10.2 Å². The van der Waals surface area contributed by atoms with Crippen LogP contribution in [0.5, 0.6) is 5.75 Å². The van der Waals surface area contributed by atoms with Crippen LogP contribution in [0.1, 0.15) is 12.5 Å². The van der Waals surface area contributed by atoms with E-state index in [2.05, 4.69) is 0 Å². The fourth-order valence-electron chi connectivity index (χ4n) is 1.27. The Morgan fingerprint density at radius 2 is 2.19 bits per heavy atom. The predicted molar refractivity (Wildman–Crippen MR) is 56.6 cm³/mol. The third-order valence-corrected chi connectivity index (χ3v) is 2.48. The van der Waals surface area contributed by atoms with Crippen molar-refractivity contribution >= 4 is 5.97 Å². The Labute approximate surface area is 92.9 Å². The first-order valence-electron chi connectivity index (χ1n) is 4.82. The van der Waals surface area contributed by atoms with Gasteiger partial charge in [0.1, 0.15) is 17.6 Å². The van der Waals surface area contributed by atoms with Gasteiger partial charge in [0.05, 0.1) is 0 Å². The molecular weight excluding hydrogens is 213 g/mol. The topological polar surface area (TPSA) is 60.8 Å². The summed E-state index contributed by atoms with van der Waals surface area (Å²) in [6.45, 7) is 1.70. The van der Waals surface area contributed by atoms with Crippen LogP contribution in [0.25, 0.3) is 0 Å². The van der Waals surface area contributed by atoms with E-state index in [9.17, 15) is 14.3 Å². The Morgan fingerprint density at radius 1 is 1.56 bits per heavy atom. The molecule has 0 aliphatic rings. The summed E-state index contributed by atoms with van der Waals surface area (Å²) < 4.78 is 12.9. The largest absolute Gasteiger partial charge is 0.508 e. The molecule has 1 unspecified atom stereocenters. The maximum absolute atomic E-state index is 12.9. The number of hydrogen-bond donors (Lipinski definition) is 2. The van der Waals surface area contributed by atoms with Crippen LogP contribution in [0.3, 0.4) is 0 Å². The average Bonchev–Trinajstić information content (AvgIpc) is 2.22. The fourth-order valence-corrected chi connectivity index (χ4v) is 1.27. The summed E-state index contributed by atoms with van der Waals surface area (Å²) in [4.78, 5) is 12.2. The Kier molecular flexibility index (Phi) is 3.84. The van der Waals surface area contributed by atoms with Crippen molar-refractivity contribution in [3.8, 4) is 5.75 Å². The molecule has 2 N–H and O–H groups in total. The minimum absolute atomic E-state index is 0.0363. The number of aliphatic carboxylic acids is 1. The van der Waals surface area contributed by atoms with Crippen LogP contribution >= 0.6 is 0 Å². The average molecular weight is 227 g/mol. The van der Waals surface area contributed by atoms with Gasteiger partial charge in [-0.1, -0.05) is 0 Å². The van der Waals surface area contributed by atoms with Gasteiger partial charge >= 0.3 is 5.97 Å². The molecule has 0 amide bonds. The van der Waals surface area contributed by atoms with E-state index in [1.807, 2.05) is 0 Å². The van der Waals surface area contributed by atoms with Gasteiger partial charge in [-0.2, -0.15) is 0 Å². The van der Waals surface area contributed by atoms with Crippen LogP contribution in [-0.4, -0.2) is 34.2 Å². The lowest BCUT2D eigenvalue weighted by Crippen LogP contribution is -2.35. The monoisotopic (exact) mass is 227 g/mol. The maximum Gasteiger partial charge on any atom is 0.320 e. The molecule has 1 aromatic carbocycles. The zero-order valence-electron chi connectivity index (χ0n) is 9.14. The molecule has 1 rings (SSSR count). The molecule has 0 aliphatic heterocycles. The maximum atomic E-state index is 12.9. The number of carbonyl (C=O) groups is 1. The molecular formula is C11H14FNO3. The van der Waals surface area contributed by atoms with E-state index in [4.69, 9.17) is 5.11 Å². The zero-order chi connectivity index (χ0) is 12.3. The molecule has 0 aromatic heterocycles. The third-order valence-electron chi connectivity index (χ3n) is 2.48. The Balaban J connectivity index is 2.80. The summed E-state index contributed by atoms with van der Waals surface area (Å²) in [6, 6.07) is 2.91. The number of halogens is 1. The summed E-state index contributed by atoms with van der Waals surface area (Å²) in [6.07, 6.45) is 0. The minimum atomic E-state index is -0.960. The van der Waals surface area contributed by atoms with Crippen molar-refractivity contribution in [3.05, 3.63) is 29.6 Å². The Hall–Kier alpha value is -1.62.